The standard InChI is InChI=1S/C4H8O2.C2H4OS/c1-2-3-4(5)6;1-2(3)4/h2-3H2,1H3,(H,5,6);1H3,(H,3,4). The molecule has 0 aromatic carbocycles. The number of carboxylic acid groups (broad SMARTS) is 1. The second-order valence-corrected chi connectivity index (χ2v) is 2.29. The summed E-state index contributed by atoms with van der Waals surface area (Å²) in [5.41, 5.74) is 0. The smallest absolute Gasteiger partial charge is 0.303 e. The molecule has 0 fully saturated rings. The third kappa shape index (κ3) is 50.9. The van der Waals surface area contributed by atoms with E-state index in [9.17, 15) is 9.59 Å². The van der Waals surface area contributed by atoms with Crippen LogP contribution in [0.4, 0.5) is 0 Å². The summed E-state index contributed by atoms with van der Waals surface area (Å²) in [7, 11) is 0. The number of carbonyl (C=O) groups is 2. The quantitative estimate of drug-likeness (QED) is 0.605. The van der Waals surface area contributed by atoms with E-state index in [4.69, 9.17) is 5.11 Å². The number of thiol groups is 1. The number of aliphatic carboxylic acids is 1. The first kappa shape index (κ1) is 12.2. The normalized spacial score (nSPS) is 7.50. The van der Waals surface area contributed by atoms with Gasteiger partial charge in [0.25, 0.3) is 0 Å². The maximum Gasteiger partial charge on any atom is 0.303 e. The molecule has 0 bridgehead atoms. The van der Waals surface area contributed by atoms with E-state index in [0.29, 0.717) is 6.42 Å². The number of carboxylic acids is 1. The maximum atomic E-state index is 9.60. The minimum absolute atomic E-state index is 0.139. The number of hydrogen-bond acceptors (Lipinski definition) is 2. The van der Waals surface area contributed by atoms with Crippen LogP contribution in [-0.2, 0) is 9.59 Å². The molecule has 60 valence electrons. The molecule has 0 unspecified atom stereocenters. The average molecular weight is 164 g/mol. The summed E-state index contributed by atoms with van der Waals surface area (Å²) in [6, 6.07) is 0. The Bertz CT molecular complexity index is 108. The van der Waals surface area contributed by atoms with Crippen molar-refractivity contribution in [2.45, 2.75) is 26.7 Å². The monoisotopic (exact) mass is 164 g/mol. The highest BCUT2D eigenvalue weighted by atomic mass is 32.1. The summed E-state index contributed by atoms with van der Waals surface area (Å²) < 4.78 is 0. The molecule has 0 aliphatic heterocycles. The van der Waals surface area contributed by atoms with Gasteiger partial charge in [0.2, 0.25) is 0 Å². The average Bonchev–Trinajstić information content (AvgIpc) is 1.62. The molecule has 0 aliphatic rings. The highest BCUT2D eigenvalue weighted by molar-refractivity contribution is 7.96. The van der Waals surface area contributed by atoms with E-state index in [1.807, 2.05) is 6.92 Å². The van der Waals surface area contributed by atoms with Crippen molar-refractivity contribution >= 4 is 23.7 Å². The van der Waals surface area contributed by atoms with Gasteiger partial charge in [0, 0.05) is 13.3 Å². The Labute approximate surface area is 65.8 Å². The van der Waals surface area contributed by atoms with Gasteiger partial charge in [0.1, 0.15) is 0 Å². The Kier molecular flexibility index (Phi) is 10.4. The highest BCUT2D eigenvalue weighted by Crippen LogP contribution is 1.82. The Morgan fingerprint density at radius 1 is 1.50 bits per heavy atom. The van der Waals surface area contributed by atoms with Crippen LogP contribution in [0.2, 0.25) is 0 Å². The third-order valence-corrected chi connectivity index (χ3v) is 0.464. The van der Waals surface area contributed by atoms with Crippen molar-refractivity contribution in [3.05, 3.63) is 0 Å². The van der Waals surface area contributed by atoms with Gasteiger partial charge in [-0.1, -0.05) is 6.92 Å². The molecule has 0 saturated carbocycles. The van der Waals surface area contributed by atoms with Gasteiger partial charge in [0.15, 0.2) is 5.12 Å². The van der Waals surface area contributed by atoms with Crippen LogP contribution in [0.25, 0.3) is 0 Å². The van der Waals surface area contributed by atoms with Crippen LogP contribution in [-0.4, -0.2) is 16.2 Å². The van der Waals surface area contributed by atoms with E-state index in [1.165, 1.54) is 6.92 Å². The molecule has 0 amide bonds. The minimum Gasteiger partial charge on any atom is -0.481 e. The number of hydrogen-bond donors (Lipinski definition) is 2. The molecule has 0 radical (unpaired) electrons. The zero-order valence-electron chi connectivity index (χ0n) is 6.13. The number of carbonyl (C=O) groups excluding carboxylic acids is 1. The predicted molar refractivity (Wildman–Crippen MR) is 42.2 cm³/mol. The lowest BCUT2D eigenvalue weighted by atomic mass is 10.4. The van der Waals surface area contributed by atoms with Crippen molar-refractivity contribution in [2.24, 2.45) is 0 Å². The van der Waals surface area contributed by atoms with Crippen molar-refractivity contribution in [2.75, 3.05) is 0 Å². The summed E-state index contributed by atoms with van der Waals surface area (Å²) in [5.74, 6) is -0.711. The lowest BCUT2D eigenvalue weighted by Gasteiger charge is -1.79. The molecular formula is C6H12O3S. The third-order valence-electron chi connectivity index (χ3n) is 0.464. The van der Waals surface area contributed by atoms with Crippen LogP contribution < -0.4 is 0 Å². The molecule has 0 aromatic rings. The molecule has 10 heavy (non-hydrogen) atoms. The van der Waals surface area contributed by atoms with E-state index >= 15 is 0 Å². The Balaban J connectivity index is 0. The molecule has 3 nitrogen and oxygen atoms in total. The van der Waals surface area contributed by atoms with Crippen LogP contribution in [0, 0.1) is 0 Å². The number of rotatable bonds is 2. The first-order valence-corrected chi connectivity index (χ1v) is 3.36. The van der Waals surface area contributed by atoms with Crippen molar-refractivity contribution < 1.29 is 14.7 Å². The molecule has 0 aliphatic carbocycles. The topological polar surface area (TPSA) is 54.4 Å². The van der Waals surface area contributed by atoms with Crippen LogP contribution in [0.3, 0.4) is 0 Å². The van der Waals surface area contributed by atoms with E-state index in [2.05, 4.69) is 12.6 Å². The van der Waals surface area contributed by atoms with E-state index in [-0.39, 0.29) is 5.12 Å². The van der Waals surface area contributed by atoms with Crippen LogP contribution >= 0.6 is 12.6 Å². The van der Waals surface area contributed by atoms with E-state index < -0.39 is 5.97 Å². The molecule has 0 aromatic heterocycles. The molecule has 0 atom stereocenters. The fourth-order valence-corrected chi connectivity index (χ4v) is 0.214. The fraction of sp³-hybridized carbons (Fsp3) is 0.667. The van der Waals surface area contributed by atoms with Crippen LogP contribution in [0.1, 0.15) is 26.7 Å². The summed E-state index contributed by atoms with van der Waals surface area (Å²) in [6.45, 7) is 3.23. The Morgan fingerprint density at radius 2 is 1.80 bits per heavy atom. The van der Waals surface area contributed by atoms with Gasteiger partial charge in [-0.25, -0.2) is 0 Å². The van der Waals surface area contributed by atoms with Gasteiger partial charge in [-0.15, -0.1) is 12.6 Å². The summed E-state index contributed by atoms with van der Waals surface area (Å²) in [6.07, 6.45) is 1.02. The van der Waals surface area contributed by atoms with E-state index in [0.717, 1.165) is 6.42 Å². The molecular weight excluding hydrogens is 152 g/mol. The largest absolute Gasteiger partial charge is 0.481 e. The molecule has 1 N–H and O–H groups in total. The zero-order valence-corrected chi connectivity index (χ0v) is 7.02. The van der Waals surface area contributed by atoms with Crippen molar-refractivity contribution in [1.29, 1.82) is 0 Å². The van der Waals surface area contributed by atoms with Gasteiger partial charge in [-0.3, -0.25) is 9.59 Å². The first-order chi connectivity index (χ1) is 4.50. The fourth-order valence-electron chi connectivity index (χ4n) is 0.214. The molecule has 0 heterocycles. The Hall–Kier alpha value is -0.510. The summed E-state index contributed by atoms with van der Waals surface area (Å²) in [5, 5.41) is 7.77. The van der Waals surface area contributed by atoms with Gasteiger partial charge in [-0.05, 0) is 6.42 Å². The lowest BCUT2D eigenvalue weighted by Crippen LogP contribution is -1.90. The lowest BCUT2D eigenvalue weighted by molar-refractivity contribution is -0.137. The zero-order chi connectivity index (χ0) is 8.57. The molecule has 0 spiro atoms. The minimum atomic E-state index is -0.711. The van der Waals surface area contributed by atoms with Crippen molar-refractivity contribution in [3.63, 3.8) is 0 Å². The molecule has 4 heteroatoms. The second kappa shape index (κ2) is 8.49. The summed E-state index contributed by atoms with van der Waals surface area (Å²) >= 11 is 3.33. The van der Waals surface area contributed by atoms with Gasteiger partial charge in [0.05, 0.1) is 0 Å². The van der Waals surface area contributed by atoms with Crippen LogP contribution in [0.5, 0.6) is 0 Å². The van der Waals surface area contributed by atoms with Crippen molar-refractivity contribution in [3.8, 4) is 0 Å². The second-order valence-electron chi connectivity index (χ2n) is 1.66. The van der Waals surface area contributed by atoms with E-state index in [1.54, 1.807) is 0 Å². The predicted octanol–water partition coefficient (Wildman–Crippen LogP) is 1.33. The molecule has 0 rings (SSSR count). The van der Waals surface area contributed by atoms with Gasteiger partial charge in [-0.2, -0.15) is 0 Å². The highest BCUT2D eigenvalue weighted by Gasteiger charge is 1.87. The first-order valence-electron chi connectivity index (χ1n) is 2.92. The SMILES string of the molecule is CC(=O)S.CCCC(=O)O. The van der Waals surface area contributed by atoms with Gasteiger partial charge < -0.3 is 5.11 Å². The van der Waals surface area contributed by atoms with Crippen molar-refractivity contribution in [1.82, 2.24) is 0 Å². The van der Waals surface area contributed by atoms with Gasteiger partial charge >= 0.3 is 5.97 Å². The molecule has 0 saturated heterocycles. The Morgan fingerprint density at radius 3 is 1.80 bits per heavy atom. The summed E-state index contributed by atoms with van der Waals surface area (Å²) in [4.78, 5) is 18.9. The maximum absolute atomic E-state index is 9.60. The van der Waals surface area contributed by atoms with Crippen LogP contribution in [0.15, 0.2) is 0 Å².